The van der Waals surface area contributed by atoms with Gasteiger partial charge in [-0.1, -0.05) is 38.1 Å². The number of carbonyl (C=O) groups is 2. The molecule has 4 heteroatoms. The Balaban J connectivity index is 1.99. The maximum Gasteiger partial charge on any atom is 0.306 e. The van der Waals surface area contributed by atoms with Gasteiger partial charge in [0.2, 0.25) is 0 Å². The normalized spacial score (nSPS) is 11.7. The van der Waals surface area contributed by atoms with Gasteiger partial charge in [0, 0.05) is 11.3 Å². The van der Waals surface area contributed by atoms with Crippen molar-refractivity contribution in [3.63, 3.8) is 0 Å². The predicted molar refractivity (Wildman–Crippen MR) is 90.7 cm³/mol. The van der Waals surface area contributed by atoms with Crippen LogP contribution in [0.25, 0.3) is 0 Å². The summed E-state index contributed by atoms with van der Waals surface area (Å²) >= 11 is 0. The Labute approximate surface area is 136 Å². The number of hydrogen-bond acceptors (Lipinski definition) is 2. The lowest BCUT2D eigenvalue weighted by Gasteiger charge is -2.09. The van der Waals surface area contributed by atoms with E-state index in [2.05, 4.69) is 12.2 Å². The molecule has 2 N–H and O–H groups in total. The van der Waals surface area contributed by atoms with E-state index in [0.717, 1.165) is 12.0 Å². The van der Waals surface area contributed by atoms with Gasteiger partial charge in [0.1, 0.15) is 0 Å². The highest BCUT2D eigenvalue weighted by molar-refractivity contribution is 6.04. The minimum Gasteiger partial charge on any atom is -0.481 e. The van der Waals surface area contributed by atoms with Crippen LogP contribution in [-0.2, 0) is 17.6 Å². The van der Waals surface area contributed by atoms with Crippen molar-refractivity contribution in [1.29, 1.82) is 0 Å². The van der Waals surface area contributed by atoms with Crippen LogP contribution in [0.2, 0.25) is 0 Å². The SMILES string of the molecule is CCc1ccc(C(=O)Nc2ccc(CC(C)C(=O)O)cc2)cc1. The van der Waals surface area contributed by atoms with Crippen LogP contribution in [0, 0.1) is 5.92 Å². The molecule has 1 amide bonds. The average Bonchev–Trinajstić information content (AvgIpc) is 2.56. The maximum absolute atomic E-state index is 12.2. The summed E-state index contributed by atoms with van der Waals surface area (Å²) in [6.07, 6.45) is 1.42. The summed E-state index contributed by atoms with van der Waals surface area (Å²) in [5.41, 5.74) is 3.44. The molecular formula is C19H21NO3. The standard InChI is InChI=1S/C19H21NO3/c1-3-14-4-8-16(9-5-14)18(21)20-17-10-6-15(7-11-17)12-13(2)19(22)23/h4-11,13H,3,12H2,1-2H3,(H,20,21)(H,22,23). The molecule has 0 fully saturated rings. The topological polar surface area (TPSA) is 66.4 Å². The maximum atomic E-state index is 12.2. The third-order valence-electron chi connectivity index (χ3n) is 3.80. The summed E-state index contributed by atoms with van der Waals surface area (Å²) < 4.78 is 0. The van der Waals surface area contributed by atoms with Gasteiger partial charge in [-0.15, -0.1) is 0 Å². The summed E-state index contributed by atoms with van der Waals surface area (Å²) in [5, 5.41) is 11.8. The summed E-state index contributed by atoms with van der Waals surface area (Å²) in [4.78, 5) is 23.0. The van der Waals surface area contributed by atoms with Gasteiger partial charge in [0.15, 0.2) is 0 Å². The smallest absolute Gasteiger partial charge is 0.306 e. The lowest BCUT2D eigenvalue weighted by Crippen LogP contribution is -2.13. The minimum absolute atomic E-state index is 0.153. The van der Waals surface area contributed by atoms with E-state index in [1.807, 2.05) is 36.4 Å². The molecule has 4 nitrogen and oxygen atoms in total. The zero-order chi connectivity index (χ0) is 16.8. The third kappa shape index (κ3) is 4.68. The second-order valence-electron chi connectivity index (χ2n) is 5.64. The molecule has 1 atom stereocenters. The van der Waals surface area contributed by atoms with Gasteiger partial charge in [0.05, 0.1) is 5.92 Å². The Kier molecular flexibility index (Phi) is 5.52. The van der Waals surface area contributed by atoms with Crippen molar-refractivity contribution in [3.8, 4) is 0 Å². The Hall–Kier alpha value is -2.62. The van der Waals surface area contributed by atoms with Gasteiger partial charge in [-0.3, -0.25) is 9.59 Å². The third-order valence-corrected chi connectivity index (χ3v) is 3.80. The van der Waals surface area contributed by atoms with E-state index >= 15 is 0 Å². The highest BCUT2D eigenvalue weighted by Gasteiger charge is 2.11. The summed E-state index contributed by atoms with van der Waals surface area (Å²) in [5.74, 6) is -1.38. The van der Waals surface area contributed by atoms with Crippen molar-refractivity contribution in [2.75, 3.05) is 5.32 Å². The monoisotopic (exact) mass is 311 g/mol. The number of nitrogens with one attached hydrogen (secondary N) is 1. The van der Waals surface area contributed by atoms with E-state index in [0.29, 0.717) is 17.7 Å². The number of hydrogen-bond donors (Lipinski definition) is 2. The van der Waals surface area contributed by atoms with Crippen molar-refractivity contribution < 1.29 is 14.7 Å². The van der Waals surface area contributed by atoms with Gasteiger partial charge in [0.25, 0.3) is 5.91 Å². The molecule has 0 aliphatic rings. The predicted octanol–water partition coefficient (Wildman–Crippen LogP) is 3.76. The van der Waals surface area contributed by atoms with E-state index in [-0.39, 0.29) is 5.91 Å². The van der Waals surface area contributed by atoms with Crippen molar-refractivity contribution in [3.05, 3.63) is 65.2 Å². The van der Waals surface area contributed by atoms with Crippen LogP contribution in [0.15, 0.2) is 48.5 Å². The molecule has 0 radical (unpaired) electrons. The number of aliphatic carboxylic acids is 1. The molecule has 0 saturated heterocycles. The molecule has 2 aromatic rings. The lowest BCUT2D eigenvalue weighted by atomic mass is 10.0. The molecule has 0 aromatic heterocycles. The summed E-state index contributed by atoms with van der Waals surface area (Å²) in [6, 6.07) is 14.8. The van der Waals surface area contributed by atoms with Crippen molar-refractivity contribution >= 4 is 17.6 Å². The fourth-order valence-electron chi connectivity index (χ4n) is 2.26. The van der Waals surface area contributed by atoms with Gasteiger partial charge in [-0.05, 0) is 48.2 Å². The van der Waals surface area contributed by atoms with E-state index < -0.39 is 11.9 Å². The van der Waals surface area contributed by atoms with Crippen LogP contribution >= 0.6 is 0 Å². The van der Waals surface area contributed by atoms with Crippen LogP contribution in [0.1, 0.15) is 35.3 Å². The quantitative estimate of drug-likeness (QED) is 0.853. The second kappa shape index (κ2) is 7.58. The molecule has 0 aliphatic heterocycles. The molecule has 23 heavy (non-hydrogen) atoms. The van der Waals surface area contributed by atoms with Crippen LogP contribution < -0.4 is 5.32 Å². The van der Waals surface area contributed by atoms with Crippen LogP contribution in [0.4, 0.5) is 5.69 Å². The molecule has 0 aliphatic carbocycles. The molecular weight excluding hydrogens is 290 g/mol. The highest BCUT2D eigenvalue weighted by Crippen LogP contribution is 2.15. The van der Waals surface area contributed by atoms with Gasteiger partial charge >= 0.3 is 5.97 Å². The molecule has 2 rings (SSSR count). The van der Waals surface area contributed by atoms with E-state index in [1.54, 1.807) is 19.1 Å². The average molecular weight is 311 g/mol. The number of carboxylic acid groups (broad SMARTS) is 1. The Morgan fingerprint density at radius 2 is 1.57 bits per heavy atom. The molecule has 0 heterocycles. The number of carbonyl (C=O) groups excluding carboxylic acids is 1. The molecule has 1 unspecified atom stereocenters. The molecule has 0 saturated carbocycles. The van der Waals surface area contributed by atoms with Crippen LogP contribution in [0.5, 0.6) is 0 Å². The molecule has 0 spiro atoms. The first kappa shape index (κ1) is 16.7. The number of aryl methyl sites for hydroxylation is 1. The number of rotatable bonds is 6. The second-order valence-corrected chi connectivity index (χ2v) is 5.64. The summed E-state index contributed by atoms with van der Waals surface area (Å²) in [6.45, 7) is 3.75. The number of anilines is 1. The number of amides is 1. The van der Waals surface area contributed by atoms with Gasteiger partial charge in [-0.2, -0.15) is 0 Å². The summed E-state index contributed by atoms with van der Waals surface area (Å²) in [7, 11) is 0. The Bertz CT molecular complexity index is 675. The fourth-order valence-corrected chi connectivity index (χ4v) is 2.26. The van der Waals surface area contributed by atoms with Crippen molar-refractivity contribution in [1.82, 2.24) is 0 Å². The minimum atomic E-state index is -0.807. The highest BCUT2D eigenvalue weighted by atomic mass is 16.4. The Morgan fingerprint density at radius 3 is 2.09 bits per heavy atom. The Morgan fingerprint density at radius 1 is 1.00 bits per heavy atom. The van der Waals surface area contributed by atoms with Gasteiger partial charge in [-0.25, -0.2) is 0 Å². The molecule has 2 aromatic carbocycles. The largest absolute Gasteiger partial charge is 0.481 e. The van der Waals surface area contributed by atoms with E-state index in [9.17, 15) is 9.59 Å². The first-order valence-electron chi connectivity index (χ1n) is 7.71. The fraction of sp³-hybridized carbons (Fsp3) is 0.263. The first-order valence-corrected chi connectivity index (χ1v) is 7.71. The van der Waals surface area contributed by atoms with E-state index in [4.69, 9.17) is 5.11 Å². The first-order chi connectivity index (χ1) is 11.0. The number of carboxylic acids is 1. The van der Waals surface area contributed by atoms with Crippen LogP contribution in [0.3, 0.4) is 0 Å². The van der Waals surface area contributed by atoms with Gasteiger partial charge < -0.3 is 10.4 Å². The van der Waals surface area contributed by atoms with Crippen molar-refractivity contribution in [2.45, 2.75) is 26.7 Å². The van der Waals surface area contributed by atoms with Crippen LogP contribution in [-0.4, -0.2) is 17.0 Å². The zero-order valence-corrected chi connectivity index (χ0v) is 13.4. The zero-order valence-electron chi connectivity index (χ0n) is 13.4. The molecule has 0 bridgehead atoms. The van der Waals surface area contributed by atoms with E-state index in [1.165, 1.54) is 5.56 Å². The number of benzene rings is 2. The van der Waals surface area contributed by atoms with Crippen molar-refractivity contribution in [2.24, 2.45) is 5.92 Å². The lowest BCUT2D eigenvalue weighted by molar-refractivity contribution is -0.141. The molecule has 120 valence electrons.